The smallest absolute Gasteiger partial charge is 0.397 e. The Bertz CT molecular complexity index is 1870. The van der Waals surface area contributed by atoms with Crippen molar-refractivity contribution in [2.24, 2.45) is 0 Å². The molecule has 17 heteroatoms. The number of anilines is 1. The lowest BCUT2D eigenvalue weighted by atomic mass is 9.92. The van der Waals surface area contributed by atoms with Crippen LogP contribution in [0.3, 0.4) is 0 Å². The Morgan fingerprint density at radius 1 is 1.00 bits per heavy atom. The first-order valence-corrected chi connectivity index (χ1v) is 23.3. The van der Waals surface area contributed by atoms with E-state index < -0.39 is 62.7 Å². The molecule has 0 aliphatic carbocycles. The van der Waals surface area contributed by atoms with Crippen molar-refractivity contribution in [3.63, 3.8) is 0 Å². The molecule has 3 heterocycles. The number of nitriles is 1. The number of hydrogen-bond acceptors (Lipinski definition) is 11. The molecule has 14 nitrogen and oxygen atoms in total. The van der Waals surface area contributed by atoms with Crippen LogP contribution in [0.25, 0.3) is 5.52 Å². The van der Waals surface area contributed by atoms with Gasteiger partial charge >= 0.3 is 7.82 Å². The number of ether oxygens (including phenoxy) is 2. The van der Waals surface area contributed by atoms with Crippen molar-refractivity contribution < 1.29 is 47.4 Å². The number of nitrogens with zero attached hydrogens (tertiary/aromatic N) is 4. The number of fused-ring (bicyclic) bond motifs is 1. The number of phosphoric acid groups is 1. The largest absolute Gasteiger partial charge is 0.472 e. The van der Waals surface area contributed by atoms with Gasteiger partial charge in [0, 0.05) is 26.3 Å². The fourth-order valence-corrected chi connectivity index (χ4v) is 8.53. The number of aliphatic hydroxyl groups excluding tert-OH is 2. The summed E-state index contributed by atoms with van der Waals surface area (Å²) < 4.78 is 50.9. The van der Waals surface area contributed by atoms with Crippen LogP contribution in [-0.4, -0.2) is 86.3 Å². The summed E-state index contributed by atoms with van der Waals surface area (Å²) in [5.41, 5.74) is 5.29. The molecule has 3 aromatic rings. The van der Waals surface area contributed by atoms with Crippen LogP contribution in [0.15, 0.2) is 42.6 Å². The van der Waals surface area contributed by atoms with Gasteiger partial charge in [0.25, 0.3) is 0 Å². The zero-order chi connectivity index (χ0) is 43.5. The lowest BCUT2D eigenvalue weighted by Crippen LogP contribution is -2.44. The Morgan fingerprint density at radius 2 is 1.62 bits per heavy atom. The normalized spacial score (nSPS) is 20.6. The van der Waals surface area contributed by atoms with Gasteiger partial charge in [-0.25, -0.2) is 13.5 Å². The molecular weight excluding hydrogens is 816 g/mol. The molecule has 1 aromatic carbocycles. The standard InChI is InChI=1S/C43H64ClFN5O9P/c1-3-4-5-6-7-8-9-10-11-12-13-14-15-16-17-18-25-56-28-34(49(32(2)51)27-33-19-20-36(45)35(44)26-33)29-57-60(54,55)58-30-39-41(52)42(53)43(31-46,59-39)40-22-21-38-37(47)23-24-48-50(38)40/h19-24,26,34,39,41-42,52-53H,3-18,25,27-30,47H2,1-2H3,(H,54,55)/t34-,39-,41-,42-,43+/m1/s1. The van der Waals surface area contributed by atoms with Crippen LogP contribution in [0.5, 0.6) is 0 Å². The third kappa shape index (κ3) is 14.5. The highest BCUT2D eigenvalue weighted by Crippen LogP contribution is 2.46. The number of hydrogen-bond donors (Lipinski definition) is 4. The quantitative estimate of drug-likeness (QED) is 0.0384. The highest BCUT2D eigenvalue weighted by molar-refractivity contribution is 7.47. The molecule has 0 radical (unpaired) electrons. The van der Waals surface area contributed by atoms with E-state index in [0.29, 0.717) is 23.4 Å². The highest BCUT2D eigenvalue weighted by Gasteiger charge is 2.58. The first kappa shape index (κ1) is 49.5. The third-order valence-electron chi connectivity index (χ3n) is 11.1. The number of halogens is 2. The molecular formula is C43H64ClFN5O9P. The van der Waals surface area contributed by atoms with E-state index in [2.05, 4.69) is 12.0 Å². The van der Waals surface area contributed by atoms with Crippen molar-refractivity contribution >= 4 is 36.5 Å². The number of phosphoric ester groups is 1. The minimum Gasteiger partial charge on any atom is -0.397 e. The van der Waals surface area contributed by atoms with Crippen LogP contribution in [-0.2, 0) is 40.0 Å². The summed E-state index contributed by atoms with van der Waals surface area (Å²) in [6.45, 7) is 2.66. The number of unbranched alkanes of at least 4 members (excludes halogenated alkanes) is 15. The molecule has 1 aliphatic heterocycles. The van der Waals surface area contributed by atoms with Crippen LogP contribution < -0.4 is 5.73 Å². The number of aromatic nitrogens is 2. The average Bonchev–Trinajstić information content (AvgIpc) is 3.77. The van der Waals surface area contributed by atoms with E-state index in [1.54, 1.807) is 12.1 Å². The molecule has 1 aliphatic rings. The first-order chi connectivity index (χ1) is 28.8. The minimum atomic E-state index is -4.90. The van der Waals surface area contributed by atoms with Gasteiger partial charge in [0.2, 0.25) is 11.5 Å². The number of rotatable bonds is 29. The van der Waals surface area contributed by atoms with Gasteiger partial charge in [-0.2, -0.15) is 10.4 Å². The maximum absolute atomic E-state index is 13.9. The maximum atomic E-state index is 13.9. The molecule has 60 heavy (non-hydrogen) atoms. The second-order valence-corrected chi connectivity index (χ2v) is 17.6. The minimum absolute atomic E-state index is 0.0203. The number of aliphatic hydroxyl groups is 2. The summed E-state index contributed by atoms with van der Waals surface area (Å²) >= 11 is 6.01. The number of carbonyl (C=O) groups excluding carboxylic acids is 1. The Labute approximate surface area is 358 Å². The molecule has 6 atom stereocenters. The Balaban J connectivity index is 1.26. The molecule has 1 unspecified atom stereocenters. The second-order valence-electron chi connectivity index (χ2n) is 15.7. The Kier molecular flexibility index (Phi) is 20.7. The molecule has 1 amide bonds. The number of amides is 1. The van der Waals surface area contributed by atoms with Gasteiger partial charge in [0.05, 0.1) is 47.8 Å². The van der Waals surface area contributed by atoms with Gasteiger partial charge < -0.3 is 35.2 Å². The summed E-state index contributed by atoms with van der Waals surface area (Å²) in [4.78, 5) is 25.1. The molecule has 4 rings (SSSR count). The van der Waals surface area contributed by atoms with Gasteiger partial charge in [-0.05, 0) is 42.3 Å². The Hall–Kier alpha value is -3.16. The molecule has 0 spiro atoms. The molecule has 5 N–H and O–H groups in total. The summed E-state index contributed by atoms with van der Waals surface area (Å²) in [7, 11) is -4.90. The summed E-state index contributed by atoms with van der Waals surface area (Å²) in [5, 5.41) is 36.2. The second kappa shape index (κ2) is 25.1. The molecule has 1 saturated heterocycles. The number of carbonyl (C=O) groups is 1. The first-order valence-electron chi connectivity index (χ1n) is 21.4. The molecule has 0 bridgehead atoms. The predicted molar refractivity (Wildman–Crippen MR) is 227 cm³/mol. The SMILES string of the molecule is CCCCCCCCCCCCCCCCCCOC[C@H](COP(=O)(O)OC[C@H]1O[C@@](C#N)(c2ccc3c(N)ccnn23)[C@H](O)[C@@H]1O)N(Cc1ccc(F)c(Cl)c1)C(C)=O. The zero-order valence-electron chi connectivity index (χ0n) is 35.1. The zero-order valence-corrected chi connectivity index (χ0v) is 36.7. The monoisotopic (exact) mass is 879 g/mol. The van der Waals surface area contributed by atoms with Crippen molar-refractivity contribution in [2.75, 3.05) is 32.2 Å². The predicted octanol–water partition coefficient (Wildman–Crippen LogP) is 8.38. The summed E-state index contributed by atoms with van der Waals surface area (Å²) in [6, 6.07) is 9.72. The molecule has 0 saturated carbocycles. The Morgan fingerprint density at radius 3 is 2.20 bits per heavy atom. The van der Waals surface area contributed by atoms with E-state index >= 15 is 0 Å². The van der Waals surface area contributed by atoms with E-state index in [1.807, 2.05) is 6.07 Å². The van der Waals surface area contributed by atoms with Crippen LogP contribution in [0, 0.1) is 17.1 Å². The molecule has 334 valence electrons. The van der Waals surface area contributed by atoms with E-state index in [1.165, 1.54) is 124 Å². The lowest BCUT2D eigenvalue weighted by Gasteiger charge is -2.31. The fourth-order valence-electron chi connectivity index (χ4n) is 7.55. The van der Waals surface area contributed by atoms with Crippen molar-refractivity contribution in [2.45, 2.75) is 153 Å². The number of benzene rings is 1. The maximum Gasteiger partial charge on any atom is 0.472 e. The van der Waals surface area contributed by atoms with Crippen LogP contribution >= 0.6 is 19.4 Å². The van der Waals surface area contributed by atoms with Gasteiger partial charge in [-0.3, -0.25) is 13.8 Å². The lowest BCUT2D eigenvalue weighted by molar-refractivity contribution is -0.134. The van der Waals surface area contributed by atoms with Gasteiger partial charge in [-0.15, -0.1) is 0 Å². The van der Waals surface area contributed by atoms with E-state index in [4.69, 9.17) is 35.9 Å². The topological polar surface area (TPSA) is 202 Å². The number of nitrogens with two attached hydrogens (primary N) is 1. The van der Waals surface area contributed by atoms with Crippen LogP contribution in [0.4, 0.5) is 10.1 Å². The van der Waals surface area contributed by atoms with Crippen LogP contribution in [0.2, 0.25) is 5.02 Å². The third-order valence-corrected chi connectivity index (χ3v) is 12.3. The van der Waals surface area contributed by atoms with Crippen molar-refractivity contribution in [3.8, 4) is 6.07 Å². The molecule has 2 aromatic heterocycles. The van der Waals surface area contributed by atoms with Gasteiger partial charge in [0.1, 0.15) is 30.2 Å². The van der Waals surface area contributed by atoms with E-state index in [9.17, 15) is 34.1 Å². The van der Waals surface area contributed by atoms with Crippen molar-refractivity contribution in [1.29, 1.82) is 5.26 Å². The fraction of sp³-hybridized carbons (Fsp3) is 0.651. The molecule has 1 fully saturated rings. The highest BCUT2D eigenvalue weighted by atomic mass is 35.5. The average molecular weight is 880 g/mol. The van der Waals surface area contributed by atoms with Crippen LogP contribution in [0.1, 0.15) is 128 Å². The van der Waals surface area contributed by atoms with E-state index in [-0.39, 0.29) is 23.9 Å². The van der Waals surface area contributed by atoms with Gasteiger partial charge in [-0.1, -0.05) is 121 Å². The van der Waals surface area contributed by atoms with Crippen molar-refractivity contribution in [1.82, 2.24) is 14.5 Å². The summed E-state index contributed by atoms with van der Waals surface area (Å²) in [6.07, 6.45) is 16.3. The summed E-state index contributed by atoms with van der Waals surface area (Å²) in [5.74, 6) is -1.02. The van der Waals surface area contributed by atoms with Gasteiger partial charge in [0.15, 0.2) is 0 Å². The van der Waals surface area contributed by atoms with Crippen molar-refractivity contribution in [3.05, 3.63) is 64.7 Å². The van der Waals surface area contributed by atoms with E-state index in [0.717, 1.165) is 25.7 Å². The number of nitrogen functional groups attached to an aromatic ring is 1.